The molecular weight excluding hydrogens is 272 g/mol. The predicted octanol–water partition coefficient (Wildman–Crippen LogP) is 2.30. The van der Waals surface area contributed by atoms with E-state index >= 15 is 0 Å². The van der Waals surface area contributed by atoms with Crippen LogP contribution >= 0.6 is 0 Å². The number of carbonyl (C=O) groups is 2. The highest BCUT2D eigenvalue weighted by Crippen LogP contribution is 2.13. The first-order valence-corrected chi connectivity index (χ1v) is 6.31. The van der Waals surface area contributed by atoms with Crippen LogP contribution in [0.1, 0.15) is 17.3 Å². The Morgan fingerprint density at radius 2 is 2.00 bits per heavy atom. The van der Waals surface area contributed by atoms with E-state index in [0.717, 1.165) is 0 Å². The molecule has 108 valence electrons. The van der Waals surface area contributed by atoms with Crippen molar-refractivity contribution in [3.63, 3.8) is 0 Å². The number of nitrogens with zero attached hydrogens (tertiary/aromatic N) is 2. The van der Waals surface area contributed by atoms with Gasteiger partial charge >= 0.3 is 12.0 Å². The number of rotatable bonds is 4. The van der Waals surface area contributed by atoms with Crippen LogP contribution < -0.4 is 10.6 Å². The van der Waals surface area contributed by atoms with Crippen molar-refractivity contribution in [2.24, 2.45) is 0 Å². The third-order valence-electron chi connectivity index (χ3n) is 2.45. The molecule has 0 unspecified atom stereocenters. The fraction of sp³-hybridized carbons (Fsp3) is 0.143. The third-order valence-corrected chi connectivity index (χ3v) is 2.45. The lowest BCUT2D eigenvalue weighted by molar-refractivity contribution is 0.0527. The summed E-state index contributed by atoms with van der Waals surface area (Å²) < 4.78 is 4.91. The molecule has 2 amide bonds. The molecule has 2 aromatic rings. The molecule has 0 radical (unpaired) electrons. The molecular formula is C14H14N4O3. The lowest BCUT2D eigenvalue weighted by atomic mass is 10.2. The van der Waals surface area contributed by atoms with Crippen LogP contribution in [0.25, 0.3) is 0 Å². The van der Waals surface area contributed by atoms with Crippen LogP contribution in [0, 0.1) is 0 Å². The number of nitrogens with one attached hydrogen (secondary N) is 2. The number of hydrogen-bond donors (Lipinski definition) is 2. The van der Waals surface area contributed by atoms with Crippen molar-refractivity contribution < 1.29 is 14.3 Å². The Hall–Kier alpha value is -2.96. The average Bonchev–Trinajstić information content (AvgIpc) is 2.49. The van der Waals surface area contributed by atoms with E-state index in [0.29, 0.717) is 5.69 Å². The maximum atomic E-state index is 11.9. The van der Waals surface area contributed by atoms with Gasteiger partial charge in [-0.25, -0.2) is 14.6 Å². The van der Waals surface area contributed by atoms with E-state index in [-0.39, 0.29) is 18.0 Å². The lowest BCUT2D eigenvalue weighted by Gasteiger charge is -2.10. The first-order valence-electron chi connectivity index (χ1n) is 6.31. The maximum Gasteiger partial charge on any atom is 0.341 e. The van der Waals surface area contributed by atoms with Crippen LogP contribution in [-0.2, 0) is 4.74 Å². The molecule has 0 atom stereocenters. The first kappa shape index (κ1) is 14.4. The molecule has 7 heteroatoms. The first-order chi connectivity index (χ1) is 10.2. The molecule has 0 aliphatic heterocycles. The molecule has 2 aromatic heterocycles. The minimum atomic E-state index is -0.540. The van der Waals surface area contributed by atoms with Crippen LogP contribution in [0.15, 0.2) is 42.9 Å². The largest absolute Gasteiger partial charge is 0.462 e. The third kappa shape index (κ3) is 4.00. The van der Waals surface area contributed by atoms with Gasteiger partial charge in [-0.3, -0.25) is 10.3 Å². The predicted molar refractivity (Wildman–Crippen MR) is 77.1 cm³/mol. The van der Waals surface area contributed by atoms with Crippen molar-refractivity contribution in [1.82, 2.24) is 9.97 Å². The van der Waals surface area contributed by atoms with Crippen LogP contribution in [0.3, 0.4) is 0 Å². The minimum Gasteiger partial charge on any atom is -0.462 e. The molecule has 2 N–H and O–H groups in total. The molecule has 7 nitrogen and oxygen atoms in total. The zero-order valence-electron chi connectivity index (χ0n) is 11.4. The molecule has 0 aliphatic rings. The SMILES string of the molecule is CCOC(=O)c1cccnc1NC(=O)Nc1cccnc1. The van der Waals surface area contributed by atoms with E-state index in [1.807, 2.05) is 0 Å². The van der Waals surface area contributed by atoms with Crippen LogP contribution in [0.5, 0.6) is 0 Å². The Morgan fingerprint density at radius 3 is 2.71 bits per heavy atom. The Balaban J connectivity index is 2.09. The minimum absolute atomic E-state index is 0.136. The number of hydrogen-bond acceptors (Lipinski definition) is 5. The van der Waals surface area contributed by atoms with Crippen molar-refractivity contribution >= 4 is 23.5 Å². The smallest absolute Gasteiger partial charge is 0.341 e. The Labute approximate surface area is 121 Å². The van der Waals surface area contributed by atoms with Crippen LogP contribution in [0.2, 0.25) is 0 Å². The Kier molecular flexibility index (Phi) is 4.81. The molecule has 0 fully saturated rings. The maximum absolute atomic E-state index is 11.9. The van der Waals surface area contributed by atoms with Crippen LogP contribution in [-0.4, -0.2) is 28.6 Å². The summed E-state index contributed by atoms with van der Waals surface area (Å²) in [5.41, 5.74) is 0.726. The molecule has 2 heterocycles. The molecule has 0 aromatic carbocycles. The van der Waals surface area contributed by atoms with E-state index < -0.39 is 12.0 Å². The topological polar surface area (TPSA) is 93.2 Å². The van der Waals surface area contributed by atoms with Gasteiger partial charge in [0.1, 0.15) is 11.4 Å². The Bertz CT molecular complexity index is 631. The lowest BCUT2D eigenvalue weighted by Crippen LogP contribution is -2.22. The molecule has 0 spiro atoms. The van der Waals surface area contributed by atoms with E-state index in [4.69, 9.17) is 4.74 Å². The molecule has 21 heavy (non-hydrogen) atoms. The quantitative estimate of drug-likeness (QED) is 0.841. The summed E-state index contributed by atoms with van der Waals surface area (Å²) in [6.07, 6.45) is 4.58. The molecule has 0 saturated carbocycles. The number of carbonyl (C=O) groups excluding carboxylic acids is 2. The standard InChI is InChI=1S/C14H14N4O3/c1-2-21-13(19)11-6-4-8-16-12(11)18-14(20)17-10-5-3-7-15-9-10/h3-9H,2H2,1H3,(H2,16,17,18,20). The molecule has 0 bridgehead atoms. The van der Waals surface area contributed by atoms with Crippen LogP contribution in [0.4, 0.5) is 16.3 Å². The van der Waals surface area contributed by atoms with Gasteiger partial charge in [-0.1, -0.05) is 0 Å². The number of anilines is 2. The van der Waals surface area contributed by atoms with Gasteiger partial charge in [0, 0.05) is 12.4 Å². The Morgan fingerprint density at radius 1 is 1.19 bits per heavy atom. The van der Waals surface area contributed by atoms with Crippen molar-refractivity contribution in [2.45, 2.75) is 6.92 Å². The second-order valence-electron chi connectivity index (χ2n) is 3.94. The number of aromatic nitrogens is 2. The van der Waals surface area contributed by atoms with E-state index in [1.54, 1.807) is 31.3 Å². The highest BCUT2D eigenvalue weighted by Gasteiger charge is 2.15. The van der Waals surface area contributed by atoms with Crippen molar-refractivity contribution in [3.8, 4) is 0 Å². The summed E-state index contributed by atoms with van der Waals surface area (Å²) >= 11 is 0. The average molecular weight is 286 g/mol. The normalized spacial score (nSPS) is 9.76. The molecule has 2 rings (SSSR count). The number of urea groups is 1. The summed E-state index contributed by atoms with van der Waals surface area (Å²) in [4.78, 5) is 31.5. The van der Waals surface area contributed by atoms with Gasteiger partial charge in [0.25, 0.3) is 0 Å². The number of ether oxygens (including phenoxy) is 1. The zero-order valence-corrected chi connectivity index (χ0v) is 11.4. The van der Waals surface area contributed by atoms with Gasteiger partial charge in [0.15, 0.2) is 0 Å². The van der Waals surface area contributed by atoms with Crippen molar-refractivity contribution in [3.05, 3.63) is 48.4 Å². The van der Waals surface area contributed by atoms with E-state index in [9.17, 15) is 9.59 Å². The summed E-state index contributed by atoms with van der Waals surface area (Å²) in [7, 11) is 0. The van der Waals surface area contributed by atoms with E-state index in [2.05, 4.69) is 20.6 Å². The van der Waals surface area contributed by atoms with Gasteiger partial charge in [0.05, 0.1) is 18.5 Å². The summed E-state index contributed by atoms with van der Waals surface area (Å²) in [6.45, 7) is 1.95. The number of amides is 2. The second-order valence-corrected chi connectivity index (χ2v) is 3.94. The second kappa shape index (κ2) is 6.99. The van der Waals surface area contributed by atoms with Gasteiger partial charge in [0.2, 0.25) is 0 Å². The van der Waals surface area contributed by atoms with Gasteiger partial charge < -0.3 is 10.1 Å². The monoisotopic (exact) mass is 286 g/mol. The fourth-order valence-corrected chi connectivity index (χ4v) is 1.59. The zero-order chi connectivity index (χ0) is 15.1. The summed E-state index contributed by atoms with van der Waals surface area (Å²) in [6, 6.07) is 5.99. The number of pyridine rings is 2. The van der Waals surface area contributed by atoms with Crippen molar-refractivity contribution in [1.29, 1.82) is 0 Å². The fourth-order valence-electron chi connectivity index (χ4n) is 1.59. The van der Waals surface area contributed by atoms with Gasteiger partial charge in [-0.05, 0) is 31.2 Å². The van der Waals surface area contributed by atoms with Crippen molar-refractivity contribution in [2.75, 3.05) is 17.2 Å². The number of esters is 1. The van der Waals surface area contributed by atoms with E-state index in [1.165, 1.54) is 18.5 Å². The highest BCUT2D eigenvalue weighted by atomic mass is 16.5. The van der Waals surface area contributed by atoms with Gasteiger partial charge in [-0.15, -0.1) is 0 Å². The summed E-state index contributed by atoms with van der Waals surface area (Å²) in [5, 5.41) is 5.09. The molecule has 0 aliphatic carbocycles. The van der Waals surface area contributed by atoms with Gasteiger partial charge in [-0.2, -0.15) is 0 Å². The molecule has 0 saturated heterocycles. The summed E-state index contributed by atoms with van der Waals surface area (Å²) in [5.74, 6) is -0.403. The highest BCUT2D eigenvalue weighted by molar-refractivity contribution is 6.03.